The van der Waals surface area contributed by atoms with E-state index in [0.717, 1.165) is 17.2 Å². The van der Waals surface area contributed by atoms with Gasteiger partial charge in [0.2, 0.25) is 5.91 Å². The van der Waals surface area contributed by atoms with Crippen LogP contribution >= 0.6 is 11.3 Å². The van der Waals surface area contributed by atoms with Gasteiger partial charge >= 0.3 is 0 Å². The van der Waals surface area contributed by atoms with Crippen LogP contribution in [0.15, 0.2) is 29.9 Å². The van der Waals surface area contributed by atoms with Crippen LogP contribution in [0.3, 0.4) is 0 Å². The Morgan fingerprint density at radius 3 is 2.81 bits per heavy atom. The summed E-state index contributed by atoms with van der Waals surface area (Å²) < 4.78 is 1.92. The average Bonchev–Trinajstić information content (AvgIpc) is 3.14. The number of rotatable bonds is 7. The molecule has 2 N–H and O–H groups in total. The van der Waals surface area contributed by atoms with Gasteiger partial charge in [0.1, 0.15) is 0 Å². The highest BCUT2D eigenvalue weighted by atomic mass is 32.1. The maximum atomic E-state index is 12.0. The molecule has 0 bridgehead atoms. The summed E-state index contributed by atoms with van der Waals surface area (Å²) in [5.74, 6) is 0.156. The van der Waals surface area contributed by atoms with Crippen LogP contribution in [0, 0.1) is 5.92 Å². The van der Waals surface area contributed by atoms with Crippen molar-refractivity contribution in [3.8, 4) is 5.13 Å². The summed E-state index contributed by atoms with van der Waals surface area (Å²) in [6.07, 6.45) is 5.01. The van der Waals surface area contributed by atoms with Crippen LogP contribution in [-0.4, -0.2) is 33.2 Å². The molecule has 0 radical (unpaired) electrons. The molecule has 0 saturated heterocycles. The second-order valence-corrected chi connectivity index (χ2v) is 5.97. The maximum Gasteiger partial charge on any atom is 0.226 e. The minimum Gasteiger partial charge on any atom is -0.394 e. The van der Waals surface area contributed by atoms with Gasteiger partial charge in [0, 0.05) is 17.8 Å². The van der Waals surface area contributed by atoms with E-state index in [1.54, 1.807) is 0 Å². The summed E-state index contributed by atoms with van der Waals surface area (Å²) in [6.45, 7) is 4.03. The van der Waals surface area contributed by atoms with Crippen LogP contribution in [0.2, 0.25) is 0 Å². The van der Waals surface area contributed by atoms with Crippen LogP contribution in [0.5, 0.6) is 0 Å². The van der Waals surface area contributed by atoms with Gasteiger partial charge in [-0.05, 0) is 18.1 Å². The zero-order valence-corrected chi connectivity index (χ0v) is 13.1. The fraction of sp³-hybridized carbons (Fsp3) is 0.467. The van der Waals surface area contributed by atoms with Crippen LogP contribution < -0.4 is 5.32 Å². The second kappa shape index (κ2) is 7.38. The van der Waals surface area contributed by atoms with E-state index in [0.29, 0.717) is 0 Å². The smallest absolute Gasteiger partial charge is 0.226 e. The Hall–Kier alpha value is -1.66. The molecule has 2 rings (SSSR count). The first kappa shape index (κ1) is 15.7. The molecule has 21 heavy (non-hydrogen) atoms. The molecule has 0 unspecified atom stereocenters. The third-order valence-electron chi connectivity index (χ3n) is 3.58. The number of aliphatic hydroxyl groups is 1. The molecule has 2 aromatic heterocycles. The van der Waals surface area contributed by atoms with Gasteiger partial charge in [0.15, 0.2) is 5.13 Å². The number of aromatic nitrogens is 2. The summed E-state index contributed by atoms with van der Waals surface area (Å²) in [7, 11) is 0. The molecule has 6 heteroatoms. The van der Waals surface area contributed by atoms with Gasteiger partial charge in [-0.15, -0.1) is 11.3 Å². The monoisotopic (exact) mass is 307 g/mol. The summed E-state index contributed by atoms with van der Waals surface area (Å²) >= 11 is 1.51. The van der Waals surface area contributed by atoms with Crippen molar-refractivity contribution >= 4 is 17.2 Å². The first-order valence-corrected chi connectivity index (χ1v) is 8.00. The van der Waals surface area contributed by atoms with E-state index < -0.39 is 0 Å². The highest BCUT2D eigenvalue weighted by Gasteiger charge is 2.18. The van der Waals surface area contributed by atoms with Crippen LogP contribution in [0.4, 0.5) is 0 Å². The Morgan fingerprint density at radius 2 is 2.19 bits per heavy atom. The molecule has 0 fully saturated rings. The van der Waals surface area contributed by atoms with Gasteiger partial charge in [-0.25, -0.2) is 4.98 Å². The Kier molecular flexibility index (Phi) is 5.52. The number of carbonyl (C=O) groups excluding carboxylic acids is 1. The van der Waals surface area contributed by atoms with E-state index in [-0.39, 0.29) is 30.9 Å². The number of carbonyl (C=O) groups is 1. The van der Waals surface area contributed by atoms with Crippen molar-refractivity contribution in [2.75, 3.05) is 6.61 Å². The lowest BCUT2D eigenvalue weighted by Crippen LogP contribution is -2.42. The molecule has 0 aliphatic heterocycles. The zero-order chi connectivity index (χ0) is 15.2. The summed E-state index contributed by atoms with van der Waals surface area (Å²) in [5.41, 5.74) is 0.752. The van der Waals surface area contributed by atoms with Crippen molar-refractivity contribution < 1.29 is 9.90 Å². The third kappa shape index (κ3) is 4.15. The van der Waals surface area contributed by atoms with E-state index >= 15 is 0 Å². The number of thiazole rings is 1. The van der Waals surface area contributed by atoms with Crippen molar-refractivity contribution in [2.45, 2.75) is 32.7 Å². The van der Waals surface area contributed by atoms with Crippen LogP contribution in [0.1, 0.15) is 26.0 Å². The molecule has 0 spiro atoms. The summed E-state index contributed by atoms with van der Waals surface area (Å²) in [5, 5.41) is 15.0. The van der Waals surface area contributed by atoms with Gasteiger partial charge in [-0.3, -0.25) is 4.79 Å². The molecular weight excluding hydrogens is 286 g/mol. The van der Waals surface area contributed by atoms with Crippen molar-refractivity contribution in [3.05, 3.63) is 35.6 Å². The molecule has 2 heterocycles. The molecule has 2 aromatic rings. The van der Waals surface area contributed by atoms with Gasteiger partial charge in [0.25, 0.3) is 0 Å². The number of nitrogens with one attached hydrogen (secondary N) is 1. The standard InChI is InChI=1S/C15H21N3O2S/c1-3-11(2)13(9-19)17-14(20)8-12-10-21-15(16-12)18-6-4-5-7-18/h4-7,10-11,13,19H,3,8-9H2,1-2H3,(H,17,20)/t11-,13+/m0/s1. The molecule has 5 nitrogen and oxygen atoms in total. The quantitative estimate of drug-likeness (QED) is 0.822. The SMILES string of the molecule is CC[C@H](C)[C@@H](CO)NC(=O)Cc1csc(-n2cccc2)n1. The van der Waals surface area contributed by atoms with E-state index in [1.807, 2.05) is 48.3 Å². The number of hydrogen-bond donors (Lipinski definition) is 2. The zero-order valence-electron chi connectivity index (χ0n) is 12.3. The number of hydrogen-bond acceptors (Lipinski definition) is 4. The van der Waals surface area contributed by atoms with E-state index in [1.165, 1.54) is 11.3 Å². The number of amides is 1. The topological polar surface area (TPSA) is 67.2 Å². The predicted molar refractivity (Wildman–Crippen MR) is 83.6 cm³/mol. The summed E-state index contributed by atoms with van der Waals surface area (Å²) in [6, 6.07) is 3.68. The van der Waals surface area contributed by atoms with E-state index in [2.05, 4.69) is 10.3 Å². The van der Waals surface area contributed by atoms with Gasteiger partial charge < -0.3 is 15.0 Å². The molecule has 2 atom stereocenters. The van der Waals surface area contributed by atoms with Gasteiger partial charge in [0.05, 0.1) is 24.8 Å². The molecule has 0 saturated carbocycles. The lowest BCUT2D eigenvalue weighted by molar-refractivity contribution is -0.121. The number of nitrogens with zero attached hydrogens (tertiary/aromatic N) is 2. The van der Waals surface area contributed by atoms with Crippen molar-refractivity contribution in [3.63, 3.8) is 0 Å². The Morgan fingerprint density at radius 1 is 1.48 bits per heavy atom. The predicted octanol–water partition coefficient (Wildman–Crippen LogP) is 2.00. The lowest BCUT2D eigenvalue weighted by Gasteiger charge is -2.21. The summed E-state index contributed by atoms with van der Waals surface area (Å²) in [4.78, 5) is 16.5. The highest BCUT2D eigenvalue weighted by molar-refractivity contribution is 7.12. The fourth-order valence-electron chi connectivity index (χ4n) is 2.03. The third-order valence-corrected chi connectivity index (χ3v) is 4.48. The lowest BCUT2D eigenvalue weighted by atomic mass is 10.00. The molecule has 0 aromatic carbocycles. The minimum atomic E-state index is -0.190. The molecule has 0 aliphatic rings. The Labute approximate surface area is 128 Å². The maximum absolute atomic E-state index is 12.0. The Balaban J connectivity index is 1.94. The van der Waals surface area contributed by atoms with E-state index in [4.69, 9.17) is 0 Å². The van der Waals surface area contributed by atoms with E-state index in [9.17, 15) is 9.90 Å². The molecular formula is C15H21N3O2S. The average molecular weight is 307 g/mol. The first-order valence-electron chi connectivity index (χ1n) is 7.12. The molecule has 114 valence electrons. The normalized spacial score (nSPS) is 13.9. The van der Waals surface area contributed by atoms with Crippen LogP contribution in [0.25, 0.3) is 5.13 Å². The molecule has 1 amide bonds. The van der Waals surface area contributed by atoms with Crippen molar-refractivity contribution in [1.82, 2.24) is 14.9 Å². The largest absolute Gasteiger partial charge is 0.394 e. The second-order valence-electron chi connectivity index (χ2n) is 5.13. The van der Waals surface area contributed by atoms with Gasteiger partial charge in [-0.1, -0.05) is 20.3 Å². The highest BCUT2D eigenvalue weighted by Crippen LogP contribution is 2.15. The number of aliphatic hydroxyl groups excluding tert-OH is 1. The van der Waals surface area contributed by atoms with Crippen molar-refractivity contribution in [2.24, 2.45) is 5.92 Å². The van der Waals surface area contributed by atoms with Crippen LogP contribution in [-0.2, 0) is 11.2 Å². The Bertz CT molecular complexity index is 565. The molecule has 0 aliphatic carbocycles. The van der Waals surface area contributed by atoms with Gasteiger partial charge in [-0.2, -0.15) is 0 Å². The minimum absolute atomic E-state index is 0.0353. The fourth-order valence-corrected chi connectivity index (χ4v) is 2.82. The first-order chi connectivity index (χ1) is 10.1. The van der Waals surface area contributed by atoms with Crippen molar-refractivity contribution in [1.29, 1.82) is 0 Å².